The minimum Gasteiger partial charge on any atom is -0.480 e. The molecule has 6 nitrogen and oxygen atoms in total. The second-order valence-electron chi connectivity index (χ2n) is 3.09. The summed E-state index contributed by atoms with van der Waals surface area (Å²) in [6, 6.07) is 1.64. The first-order valence-corrected chi connectivity index (χ1v) is 5.57. The second-order valence-corrected chi connectivity index (χ2v) is 4.01. The topological polar surface area (TPSA) is 88.5 Å². The van der Waals surface area contributed by atoms with Crippen LogP contribution >= 0.6 is 15.9 Å². The van der Waals surface area contributed by atoms with Crippen LogP contribution in [0.15, 0.2) is 22.9 Å². The third-order valence-electron chi connectivity index (χ3n) is 1.72. The zero-order chi connectivity index (χ0) is 12.7. The Labute approximate surface area is 106 Å². The van der Waals surface area contributed by atoms with Crippen LogP contribution in [0.1, 0.15) is 10.4 Å². The number of hydrogen-bond acceptors (Lipinski definition) is 4. The van der Waals surface area contributed by atoms with Crippen molar-refractivity contribution in [1.29, 1.82) is 0 Å². The SMILES string of the molecule is O=C(O)COCCNC(=O)c1cncc(Br)c1. The number of ether oxygens (including phenoxy) is 1. The summed E-state index contributed by atoms with van der Waals surface area (Å²) in [4.78, 5) is 25.5. The molecule has 0 aliphatic heterocycles. The number of amides is 1. The van der Waals surface area contributed by atoms with Crippen molar-refractivity contribution < 1.29 is 19.4 Å². The van der Waals surface area contributed by atoms with Crippen LogP contribution in [0.2, 0.25) is 0 Å². The molecule has 0 saturated carbocycles. The number of rotatable bonds is 6. The molecule has 1 aromatic heterocycles. The molecule has 0 bridgehead atoms. The fourth-order valence-corrected chi connectivity index (χ4v) is 1.40. The zero-order valence-electron chi connectivity index (χ0n) is 8.85. The van der Waals surface area contributed by atoms with E-state index < -0.39 is 5.97 Å². The third-order valence-corrected chi connectivity index (χ3v) is 2.16. The van der Waals surface area contributed by atoms with Gasteiger partial charge in [-0.2, -0.15) is 0 Å². The molecule has 0 aliphatic rings. The Morgan fingerprint density at radius 1 is 1.47 bits per heavy atom. The highest BCUT2D eigenvalue weighted by atomic mass is 79.9. The van der Waals surface area contributed by atoms with Gasteiger partial charge in [-0.25, -0.2) is 4.79 Å². The number of halogens is 1. The van der Waals surface area contributed by atoms with Gasteiger partial charge in [-0.1, -0.05) is 0 Å². The number of hydrogen-bond donors (Lipinski definition) is 2. The number of carboxylic acid groups (broad SMARTS) is 1. The van der Waals surface area contributed by atoms with Gasteiger partial charge in [-0.15, -0.1) is 0 Å². The minimum atomic E-state index is -1.03. The lowest BCUT2D eigenvalue weighted by atomic mass is 10.3. The molecule has 1 aromatic rings. The van der Waals surface area contributed by atoms with Crippen LogP contribution in [0.25, 0.3) is 0 Å². The maximum absolute atomic E-state index is 11.6. The van der Waals surface area contributed by atoms with Gasteiger partial charge in [0.15, 0.2) is 0 Å². The van der Waals surface area contributed by atoms with E-state index in [1.54, 1.807) is 12.3 Å². The molecule has 1 heterocycles. The predicted octanol–water partition coefficient (Wildman–Crippen LogP) is 0.675. The number of nitrogens with zero attached hydrogens (tertiary/aromatic N) is 1. The minimum absolute atomic E-state index is 0.152. The van der Waals surface area contributed by atoms with Gasteiger partial charge in [0.25, 0.3) is 5.91 Å². The number of carboxylic acids is 1. The van der Waals surface area contributed by atoms with Gasteiger partial charge in [0.1, 0.15) is 6.61 Å². The lowest BCUT2D eigenvalue weighted by molar-refractivity contribution is -0.142. The molecule has 0 aliphatic carbocycles. The highest BCUT2D eigenvalue weighted by Gasteiger charge is 2.05. The van der Waals surface area contributed by atoms with Crippen LogP contribution < -0.4 is 5.32 Å². The van der Waals surface area contributed by atoms with Gasteiger partial charge in [0, 0.05) is 23.4 Å². The zero-order valence-corrected chi connectivity index (χ0v) is 10.4. The summed E-state index contributed by atoms with van der Waals surface area (Å²) < 4.78 is 5.48. The van der Waals surface area contributed by atoms with E-state index in [1.807, 2.05) is 0 Å². The van der Waals surface area contributed by atoms with Crippen molar-refractivity contribution in [3.63, 3.8) is 0 Å². The lowest BCUT2D eigenvalue weighted by Crippen LogP contribution is -2.28. The molecule has 0 fully saturated rings. The van der Waals surface area contributed by atoms with E-state index in [4.69, 9.17) is 9.84 Å². The average Bonchev–Trinajstić information content (AvgIpc) is 2.28. The molecule has 0 aromatic carbocycles. The summed E-state index contributed by atoms with van der Waals surface area (Å²) in [7, 11) is 0. The highest BCUT2D eigenvalue weighted by Crippen LogP contribution is 2.08. The summed E-state index contributed by atoms with van der Waals surface area (Å²) in [6.07, 6.45) is 3.02. The molecular formula is C10H11BrN2O4. The fourth-order valence-electron chi connectivity index (χ4n) is 1.03. The summed E-state index contributed by atoms with van der Waals surface area (Å²) in [5, 5.41) is 10.9. The molecule has 1 amide bonds. The summed E-state index contributed by atoms with van der Waals surface area (Å²) in [6.45, 7) is 0.0341. The van der Waals surface area contributed by atoms with Crippen LogP contribution in [0.3, 0.4) is 0 Å². The summed E-state index contributed by atoms with van der Waals surface area (Å²) in [5.74, 6) is -1.31. The lowest BCUT2D eigenvalue weighted by Gasteiger charge is -2.05. The van der Waals surface area contributed by atoms with Gasteiger partial charge >= 0.3 is 5.97 Å². The first-order valence-electron chi connectivity index (χ1n) is 4.78. The fraction of sp³-hybridized carbons (Fsp3) is 0.300. The van der Waals surface area contributed by atoms with Crippen LogP contribution in [0.5, 0.6) is 0 Å². The smallest absolute Gasteiger partial charge is 0.329 e. The number of aliphatic carboxylic acids is 1. The normalized spacial score (nSPS) is 9.94. The van der Waals surface area contributed by atoms with Crippen molar-refractivity contribution in [3.8, 4) is 0 Å². The standard InChI is InChI=1S/C10H11BrN2O4/c11-8-3-7(4-12-5-8)10(16)13-1-2-17-6-9(14)15/h3-5H,1-2,6H2,(H,13,16)(H,14,15). The van der Waals surface area contributed by atoms with Crippen LogP contribution in [0, 0.1) is 0 Å². The monoisotopic (exact) mass is 302 g/mol. The van der Waals surface area contributed by atoms with E-state index in [1.165, 1.54) is 6.20 Å². The maximum Gasteiger partial charge on any atom is 0.329 e. The largest absolute Gasteiger partial charge is 0.480 e. The first-order chi connectivity index (χ1) is 8.09. The van der Waals surface area contributed by atoms with E-state index in [2.05, 4.69) is 26.2 Å². The third kappa shape index (κ3) is 5.41. The van der Waals surface area contributed by atoms with Crippen molar-refractivity contribution in [2.75, 3.05) is 19.8 Å². The molecule has 92 valence electrons. The average molecular weight is 303 g/mol. The Balaban J connectivity index is 2.28. The Bertz CT molecular complexity index is 411. The van der Waals surface area contributed by atoms with E-state index in [0.29, 0.717) is 10.0 Å². The molecular weight excluding hydrogens is 292 g/mol. The maximum atomic E-state index is 11.6. The van der Waals surface area contributed by atoms with Crippen LogP contribution in [-0.4, -0.2) is 41.7 Å². The van der Waals surface area contributed by atoms with Gasteiger partial charge in [0.05, 0.1) is 12.2 Å². The van der Waals surface area contributed by atoms with Gasteiger partial charge < -0.3 is 15.2 Å². The molecule has 0 unspecified atom stereocenters. The highest BCUT2D eigenvalue weighted by molar-refractivity contribution is 9.10. The number of aromatic nitrogens is 1. The summed E-state index contributed by atoms with van der Waals surface area (Å²) in [5.41, 5.74) is 0.428. The van der Waals surface area contributed by atoms with E-state index in [9.17, 15) is 9.59 Å². The van der Waals surface area contributed by atoms with E-state index >= 15 is 0 Å². The molecule has 7 heteroatoms. The Morgan fingerprint density at radius 3 is 2.88 bits per heavy atom. The molecule has 17 heavy (non-hydrogen) atoms. The molecule has 0 saturated heterocycles. The van der Waals surface area contributed by atoms with Crippen molar-refractivity contribution in [2.45, 2.75) is 0 Å². The molecule has 0 spiro atoms. The van der Waals surface area contributed by atoms with Crippen molar-refractivity contribution in [3.05, 3.63) is 28.5 Å². The Morgan fingerprint density at radius 2 is 2.24 bits per heavy atom. The number of pyridine rings is 1. The predicted molar refractivity (Wildman–Crippen MR) is 62.7 cm³/mol. The van der Waals surface area contributed by atoms with Gasteiger partial charge in [-0.3, -0.25) is 9.78 Å². The number of carbonyl (C=O) groups excluding carboxylic acids is 1. The Hall–Kier alpha value is -1.47. The van der Waals surface area contributed by atoms with Crippen LogP contribution in [0.4, 0.5) is 0 Å². The Kier molecular flexibility index (Phi) is 5.58. The van der Waals surface area contributed by atoms with Gasteiger partial charge in [0.2, 0.25) is 0 Å². The molecule has 1 rings (SSSR count). The quantitative estimate of drug-likeness (QED) is 0.754. The molecule has 2 N–H and O–H groups in total. The van der Waals surface area contributed by atoms with Crippen LogP contribution in [-0.2, 0) is 9.53 Å². The summed E-state index contributed by atoms with van der Waals surface area (Å²) >= 11 is 3.21. The first kappa shape index (κ1) is 13.6. The van der Waals surface area contributed by atoms with Crippen molar-refractivity contribution in [2.24, 2.45) is 0 Å². The molecule has 0 radical (unpaired) electrons. The van der Waals surface area contributed by atoms with Gasteiger partial charge in [-0.05, 0) is 22.0 Å². The second kappa shape index (κ2) is 6.97. The number of carbonyl (C=O) groups is 2. The molecule has 0 atom stereocenters. The van der Waals surface area contributed by atoms with E-state index in [-0.39, 0.29) is 25.7 Å². The van der Waals surface area contributed by atoms with E-state index in [0.717, 1.165) is 0 Å². The number of nitrogens with one attached hydrogen (secondary N) is 1. The van der Waals surface area contributed by atoms with Crippen molar-refractivity contribution in [1.82, 2.24) is 10.3 Å². The van der Waals surface area contributed by atoms with Crippen molar-refractivity contribution >= 4 is 27.8 Å².